The second-order valence-electron chi connectivity index (χ2n) is 5.32. The fraction of sp³-hybridized carbons (Fsp3) is 0.571. The van der Waals surface area contributed by atoms with Crippen molar-refractivity contribution >= 4 is 11.8 Å². The zero-order chi connectivity index (χ0) is 14.7. The maximum atomic E-state index is 11.8. The molecule has 1 aromatic rings. The third-order valence-corrected chi connectivity index (χ3v) is 3.43. The van der Waals surface area contributed by atoms with Gasteiger partial charge in [-0.1, -0.05) is 0 Å². The Labute approximate surface area is 119 Å². The van der Waals surface area contributed by atoms with Crippen LogP contribution in [-0.2, 0) is 4.74 Å². The smallest absolute Gasteiger partial charge is 0.341 e. The first kappa shape index (κ1) is 14.7. The number of β-amino-alcohol motifs (C(OH)–C–C–N with tert-alkyl or cyclic N) is 1. The molecule has 6 nitrogen and oxygen atoms in total. The molecule has 20 heavy (non-hydrogen) atoms. The number of rotatable bonds is 4. The number of hydrogen-bond donors (Lipinski definition) is 1. The number of likely N-dealkylation sites (N-methyl/N-ethyl adjacent to an activating group) is 1. The number of aliphatic hydroxyl groups is 1. The van der Waals surface area contributed by atoms with Gasteiger partial charge in [0.2, 0.25) is 0 Å². The molecular weight excluding hydrogens is 258 g/mol. The normalized spacial score (nSPS) is 22.4. The summed E-state index contributed by atoms with van der Waals surface area (Å²) in [5.41, 5.74) is 0.438. The van der Waals surface area contributed by atoms with Gasteiger partial charge in [0, 0.05) is 25.3 Å². The molecule has 1 fully saturated rings. The lowest BCUT2D eigenvalue weighted by atomic mass is 10.2. The van der Waals surface area contributed by atoms with Crippen LogP contribution in [0.2, 0.25) is 0 Å². The minimum absolute atomic E-state index is 0.137. The van der Waals surface area contributed by atoms with Crippen molar-refractivity contribution in [2.24, 2.45) is 0 Å². The first-order valence-electron chi connectivity index (χ1n) is 6.65. The summed E-state index contributed by atoms with van der Waals surface area (Å²) in [6.07, 6.45) is 1.93. The predicted molar refractivity (Wildman–Crippen MR) is 75.9 cm³/mol. The highest BCUT2D eigenvalue weighted by atomic mass is 16.5. The molecule has 1 aliphatic rings. The van der Waals surface area contributed by atoms with Crippen molar-refractivity contribution in [2.45, 2.75) is 18.6 Å². The Bertz CT molecular complexity index is 478. The van der Waals surface area contributed by atoms with Gasteiger partial charge in [0.25, 0.3) is 0 Å². The molecule has 2 heterocycles. The standard InChI is InChI=1S/C14H21N3O3/c1-16(2)8-10-7-11(18)9-17(10)13-12(14(19)20-3)5-4-6-15-13/h4-6,10-11,18H,7-9H2,1-3H3. The van der Waals surface area contributed by atoms with Gasteiger partial charge < -0.3 is 19.6 Å². The highest BCUT2D eigenvalue weighted by Gasteiger charge is 2.34. The van der Waals surface area contributed by atoms with E-state index >= 15 is 0 Å². The SMILES string of the molecule is COC(=O)c1cccnc1N1CC(O)CC1CN(C)C. The van der Waals surface area contributed by atoms with Gasteiger partial charge in [-0.25, -0.2) is 9.78 Å². The molecule has 0 aromatic carbocycles. The summed E-state index contributed by atoms with van der Waals surface area (Å²) >= 11 is 0. The van der Waals surface area contributed by atoms with Gasteiger partial charge in [-0.2, -0.15) is 0 Å². The number of carbonyl (C=O) groups is 1. The lowest BCUT2D eigenvalue weighted by Gasteiger charge is -2.28. The van der Waals surface area contributed by atoms with Crippen LogP contribution in [0.25, 0.3) is 0 Å². The van der Waals surface area contributed by atoms with Crippen molar-refractivity contribution in [3.8, 4) is 0 Å². The Morgan fingerprint density at radius 1 is 1.60 bits per heavy atom. The Morgan fingerprint density at radius 3 is 3.00 bits per heavy atom. The Kier molecular flexibility index (Phi) is 4.57. The van der Waals surface area contributed by atoms with E-state index in [1.54, 1.807) is 18.3 Å². The van der Waals surface area contributed by atoms with Crippen LogP contribution in [0.15, 0.2) is 18.3 Å². The fourth-order valence-corrected chi connectivity index (χ4v) is 2.64. The molecule has 1 N–H and O–H groups in total. The van der Waals surface area contributed by atoms with Crippen LogP contribution in [-0.4, -0.2) is 67.4 Å². The van der Waals surface area contributed by atoms with Gasteiger partial charge >= 0.3 is 5.97 Å². The quantitative estimate of drug-likeness (QED) is 0.803. The number of nitrogens with zero attached hydrogens (tertiary/aromatic N) is 3. The first-order valence-corrected chi connectivity index (χ1v) is 6.65. The number of aliphatic hydroxyl groups excluding tert-OH is 1. The molecule has 2 rings (SSSR count). The summed E-state index contributed by atoms with van der Waals surface area (Å²) in [6.45, 7) is 1.29. The minimum Gasteiger partial charge on any atom is -0.465 e. The topological polar surface area (TPSA) is 65.9 Å². The lowest BCUT2D eigenvalue weighted by Crippen LogP contribution is -2.38. The largest absolute Gasteiger partial charge is 0.465 e. The van der Waals surface area contributed by atoms with Crippen LogP contribution in [0, 0.1) is 0 Å². The summed E-state index contributed by atoms with van der Waals surface area (Å²) in [4.78, 5) is 20.2. The van der Waals surface area contributed by atoms with Crippen LogP contribution in [0.1, 0.15) is 16.8 Å². The molecule has 110 valence electrons. The molecule has 2 unspecified atom stereocenters. The number of anilines is 1. The van der Waals surface area contributed by atoms with Crippen molar-refractivity contribution in [2.75, 3.05) is 39.2 Å². The van der Waals surface area contributed by atoms with E-state index in [0.717, 1.165) is 6.54 Å². The van der Waals surface area contributed by atoms with E-state index in [-0.39, 0.29) is 6.04 Å². The Hall–Kier alpha value is -1.66. The van der Waals surface area contributed by atoms with Gasteiger partial charge in [-0.15, -0.1) is 0 Å². The molecule has 2 atom stereocenters. The summed E-state index contributed by atoms with van der Waals surface area (Å²) in [5.74, 6) is 0.181. The monoisotopic (exact) mass is 279 g/mol. The summed E-state index contributed by atoms with van der Waals surface area (Å²) in [5, 5.41) is 9.93. The first-order chi connectivity index (χ1) is 9.52. The molecule has 0 spiro atoms. The third kappa shape index (κ3) is 3.08. The Balaban J connectivity index is 2.31. The van der Waals surface area contributed by atoms with E-state index in [1.165, 1.54) is 7.11 Å². The average Bonchev–Trinajstić information content (AvgIpc) is 2.77. The van der Waals surface area contributed by atoms with E-state index in [2.05, 4.69) is 9.88 Å². The Morgan fingerprint density at radius 2 is 2.35 bits per heavy atom. The van der Waals surface area contributed by atoms with Crippen molar-refractivity contribution in [1.29, 1.82) is 0 Å². The van der Waals surface area contributed by atoms with Gasteiger partial charge in [0.15, 0.2) is 0 Å². The molecule has 6 heteroatoms. The summed E-state index contributed by atoms with van der Waals surface area (Å²) in [6, 6.07) is 3.55. The highest BCUT2D eigenvalue weighted by molar-refractivity contribution is 5.94. The second kappa shape index (κ2) is 6.19. The second-order valence-corrected chi connectivity index (χ2v) is 5.32. The summed E-state index contributed by atoms with van der Waals surface area (Å²) in [7, 11) is 5.33. The minimum atomic E-state index is -0.405. The zero-order valence-electron chi connectivity index (χ0n) is 12.1. The maximum Gasteiger partial charge on any atom is 0.341 e. The molecule has 0 aliphatic carbocycles. The van der Waals surface area contributed by atoms with Crippen molar-refractivity contribution in [3.05, 3.63) is 23.9 Å². The van der Waals surface area contributed by atoms with Crippen molar-refractivity contribution in [3.63, 3.8) is 0 Å². The zero-order valence-corrected chi connectivity index (χ0v) is 12.1. The number of esters is 1. The van der Waals surface area contributed by atoms with Gasteiger partial charge in [0.05, 0.1) is 13.2 Å². The molecule has 0 bridgehead atoms. The van der Waals surface area contributed by atoms with Crippen LogP contribution in [0.3, 0.4) is 0 Å². The molecule has 0 amide bonds. The van der Waals surface area contributed by atoms with Crippen LogP contribution >= 0.6 is 0 Å². The molecular formula is C14H21N3O3. The summed E-state index contributed by atoms with van der Waals surface area (Å²) < 4.78 is 4.80. The maximum absolute atomic E-state index is 11.8. The van der Waals surface area contributed by atoms with Gasteiger partial charge in [-0.3, -0.25) is 0 Å². The third-order valence-electron chi connectivity index (χ3n) is 3.43. The van der Waals surface area contributed by atoms with Crippen LogP contribution < -0.4 is 4.90 Å². The fourth-order valence-electron chi connectivity index (χ4n) is 2.64. The van der Waals surface area contributed by atoms with E-state index in [4.69, 9.17) is 4.74 Å². The molecule has 1 aliphatic heterocycles. The van der Waals surface area contributed by atoms with Crippen molar-refractivity contribution < 1.29 is 14.6 Å². The average molecular weight is 279 g/mol. The number of pyridine rings is 1. The van der Waals surface area contributed by atoms with Crippen molar-refractivity contribution in [1.82, 2.24) is 9.88 Å². The molecule has 0 saturated carbocycles. The predicted octanol–water partition coefficient (Wildman–Crippen LogP) is 0.369. The molecule has 0 radical (unpaired) electrons. The van der Waals surface area contributed by atoms with Gasteiger partial charge in [0.1, 0.15) is 11.4 Å². The van der Waals surface area contributed by atoms with E-state index in [1.807, 2.05) is 19.0 Å². The molecule has 1 aromatic heterocycles. The van der Waals surface area contributed by atoms with Crippen LogP contribution in [0.4, 0.5) is 5.82 Å². The molecule has 1 saturated heterocycles. The number of ether oxygens (including phenoxy) is 1. The van der Waals surface area contributed by atoms with E-state index < -0.39 is 12.1 Å². The van der Waals surface area contributed by atoms with Gasteiger partial charge in [-0.05, 0) is 32.6 Å². The highest BCUT2D eigenvalue weighted by Crippen LogP contribution is 2.27. The lowest BCUT2D eigenvalue weighted by molar-refractivity contribution is 0.0601. The van der Waals surface area contributed by atoms with E-state index in [9.17, 15) is 9.90 Å². The number of carbonyl (C=O) groups excluding carboxylic acids is 1. The number of hydrogen-bond acceptors (Lipinski definition) is 6. The number of aromatic nitrogens is 1. The van der Waals surface area contributed by atoms with E-state index in [0.29, 0.717) is 24.3 Å². The van der Waals surface area contributed by atoms with Crippen LogP contribution in [0.5, 0.6) is 0 Å². The number of methoxy groups -OCH3 is 1.